The largest absolute Gasteiger partial charge is 0.348 e. The van der Waals surface area contributed by atoms with E-state index in [2.05, 4.69) is 20.5 Å². The molecular formula is C23H23ClN4O2S. The van der Waals surface area contributed by atoms with E-state index in [0.717, 1.165) is 42.2 Å². The van der Waals surface area contributed by atoms with Gasteiger partial charge in [0.25, 0.3) is 5.91 Å². The number of thiazole rings is 1. The highest BCUT2D eigenvalue weighted by molar-refractivity contribution is 7.17. The van der Waals surface area contributed by atoms with E-state index in [9.17, 15) is 9.59 Å². The molecule has 1 aromatic heterocycles. The van der Waals surface area contributed by atoms with Crippen molar-refractivity contribution in [1.82, 2.24) is 15.2 Å². The monoisotopic (exact) mass is 454 g/mol. The van der Waals surface area contributed by atoms with Crippen LogP contribution in [0.5, 0.6) is 0 Å². The quantitative estimate of drug-likeness (QED) is 0.582. The number of hydrogen-bond donors (Lipinski definition) is 2. The van der Waals surface area contributed by atoms with Gasteiger partial charge in [-0.3, -0.25) is 14.5 Å². The Morgan fingerprint density at radius 1 is 1.06 bits per heavy atom. The summed E-state index contributed by atoms with van der Waals surface area (Å²) >= 11 is 7.57. The zero-order valence-corrected chi connectivity index (χ0v) is 18.5. The zero-order valence-electron chi connectivity index (χ0n) is 16.9. The molecule has 2 heterocycles. The van der Waals surface area contributed by atoms with Crippen molar-refractivity contribution < 1.29 is 9.59 Å². The molecule has 1 aliphatic heterocycles. The van der Waals surface area contributed by atoms with Gasteiger partial charge in [-0.1, -0.05) is 48.0 Å². The minimum atomic E-state index is -0.115. The zero-order chi connectivity index (χ0) is 21.6. The molecule has 0 unspecified atom stereocenters. The minimum absolute atomic E-state index is 0.0227. The summed E-state index contributed by atoms with van der Waals surface area (Å²) in [5.74, 6) is -0.137. The Bertz CT molecular complexity index is 1050. The Morgan fingerprint density at radius 2 is 1.77 bits per heavy atom. The number of nitrogens with one attached hydrogen (secondary N) is 2. The van der Waals surface area contributed by atoms with Crippen molar-refractivity contribution in [3.05, 3.63) is 70.7 Å². The Labute approximate surface area is 190 Å². The molecule has 0 radical (unpaired) electrons. The van der Waals surface area contributed by atoms with E-state index < -0.39 is 0 Å². The Morgan fingerprint density at radius 3 is 2.52 bits per heavy atom. The van der Waals surface area contributed by atoms with Crippen molar-refractivity contribution in [2.45, 2.75) is 18.9 Å². The fourth-order valence-electron chi connectivity index (χ4n) is 3.56. The van der Waals surface area contributed by atoms with Crippen LogP contribution in [0.1, 0.15) is 22.5 Å². The normalized spacial score (nSPS) is 14.9. The first-order chi connectivity index (χ1) is 15.1. The predicted octanol–water partition coefficient (Wildman–Crippen LogP) is 4.30. The van der Waals surface area contributed by atoms with E-state index >= 15 is 0 Å². The molecule has 1 aliphatic rings. The number of carbonyl (C=O) groups excluding carboxylic acids is 2. The first-order valence-electron chi connectivity index (χ1n) is 10.2. The maximum absolute atomic E-state index is 12.7. The number of hydrogen-bond acceptors (Lipinski definition) is 5. The van der Waals surface area contributed by atoms with Crippen LogP contribution in [0.25, 0.3) is 10.6 Å². The van der Waals surface area contributed by atoms with Crippen LogP contribution >= 0.6 is 22.9 Å². The molecular weight excluding hydrogens is 432 g/mol. The molecule has 0 aliphatic carbocycles. The fourth-order valence-corrected chi connectivity index (χ4v) is 4.70. The molecule has 1 saturated heterocycles. The second-order valence-corrected chi connectivity index (χ2v) is 8.89. The third-order valence-corrected chi connectivity index (χ3v) is 6.54. The second kappa shape index (κ2) is 10.0. The molecule has 0 saturated carbocycles. The molecule has 0 bridgehead atoms. The lowest BCUT2D eigenvalue weighted by molar-refractivity contribution is -0.117. The van der Waals surface area contributed by atoms with Crippen LogP contribution in [-0.2, 0) is 4.79 Å². The Kier molecular flexibility index (Phi) is 6.96. The maximum Gasteiger partial charge on any atom is 0.263 e. The van der Waals surface area contributed by atoms with Crippen molar-refractivity contribution in [3.63, 3.8) is 0 Å². The third kappa shape index (κ3) is 5.70. The number of anilines is 1. The van der Waals surface area contributed by atoms with Gasteiger partial charge in [-0.15, -0.1) is 11.3 Å². The van der Waals surface area contributed by atoms with Crippen LogP contribution in [0.15, 0.2) is 60.8 Å². The molecule has 31 heavy (non-hydrogen) atoms. The topological polar surface area (TPSA) is 74.3 Å². The van der Waals surface area contributed by atoms with Gasteiger partial charge in [0.15, 0.2) is 0 Å². The number of likely N-dealkylation sites (tertiary alicyclic amines) is 1. The van der Waals surface area contributed by atoms with Crippen molar-refractivity contribution in [1.29, 1.82) is 0 Å². The van der Waals surface area contributed by atoms with Crippen molar-refractivity contribution in [2.75, 3.05) is 25.0 Å². The number of piperidine rings is 1. The van der Waals surface area contributed by atoms with Crippen molar-refractivity contribution in [2.24, 2.45) is 0 Å². The number of benzene rings is 2. The summed E-state index contributed by atoms with van der Waals surface area (Å²) in [7, 11) is 0. The molecule has 0 atom stereocenters. The highest BCUT2D eigenvalue weighted by Gasteiger charge is 2.23. The van der Waals surface area contributed by atoms with E-state index in [4.69, 9.17) is 11.6 Å². The number of rotatable bonds is 6. The van der Waals surface area contributed by atoms with Crippen molar-refractivity contribution in [3.8, 4) is 10.6 Å². The minimum Gasteiger partial charge on any atom is -0.348 e. The fraction of sp³-hybridized carbons (Fsp3) is 0.261. The van der Waals surface area contributed by atoms with Gasteiger partial charge >= 0.3 is 0 Å². The average Bonchev–Trinajstić information content (AvgIpc) is 3.26. The number of carbonyl (C=O) groups is 2. The van der Waals surface area contributed by atoms with E-state index in [1.165, 1.54) is 11.3 Å². The van der Waals surface area contributed by atoms with Gasteiger partial charge in [0, 0.05) is 30.4 Å². The Balaban J connectivity index is 1.25. The summed E-state index contributed by atoms with van der Waals surface area (Å²) in [6, 6.07) is 17.0. The smallest absolute Gasteiger partial charge is 0.263 e. The molecule has 4 rings (SSSR count). The molecule has 160 valence electrons. The standard InChI is InChI=1S/C23H23ClN4O2S/c24-19-9-5-4-8-18(19)23-25-14-20(31-23)22(30)27-17-10-12-28(13-11-17)15-21(29)26-16-6-2-1-3-7-16/h1-9,14,17H,10-13,15H2,(H,26,29)(H,27,30). The number of halogens is 1. The average molecular weight is 455 g/mol. The van der Waals surface area contributed by atoms with E-state index in [1.807, 2.05) is 54.6 Å². The van der Waals surface area contributed by atoms with Gasteiger partial charge in [0.2, 0.25) is 5.91 Å². The van der Waals surface area contributed by atoms with E-state index in [0.29, 0.717) is 16.4 Å². The van der Waals surface area contributed by atoms with Gasteiger partial charge in [-0.05, 0) is 31.0 Å². The molecule has 2 aromatic carbocycles. The number of aromatic nitrogens is 1. The summed E-state index contributed by atoms with van der Waals surface area (Å²) in [5, 5.41) is 7.36. The lowest BCUT2D eigenvalue weighted by Gasteiger charge is -2.31. The molecule has 2 amide bonds. The number of nitrogens with zero attached hydrogens (tertiary/aromatic N) is 2. The van der Waals surface area contributed by atoms with Crippen LogP contribution < -0.4 is 10.6 Å². The maximum atomic E-state index is 12.7. The van der Waals surface area contributed by atoms with Gasteiger partial charge in [0.1, 0.15) is 9.88 Å². The second-order valence-electron chi connectivity index (χ2n) is 7.45. The highest BCUT2D eigenvalue weighted by atomic mass is 35.5. The van der Waals surface area contributed by atoms with Gasteiger partial charge < -0.3 is 10.6 Å². The van der Waals surface area contributed by atoms with Gasteiger partial charge in [-0.2, -0.15) is 0 Å². The van der Waals surface area contributed by atoms with Crippen LogP contribution in [0.2, 0.25) is 5.02 Å². The van der Waals surface area contributed by atoms with Crippen LogP contribution in [0, 0.1) is 0 Å². The van der Waals surface area contributed by atoms with Crippen molar-refractivity contribution >= 4 is 40.4 Å². The lowest BCUT2D eigenvalue weighted by atomic mass is 10.0. The first kappa shape index (κ1) is 21.5. The summed E-state index contributed by atoms with van der Waals surface area (Å²) in [5.41, 5.74) is 1.63. The van der Waals surface area contributed by atoms with E-state index in [1.54, 1.807) is 6.20 Å². The van der Waals surface area contributed by atoms with Gasteiger partial charge in [0.05, 0.1) is 17.8 Å². The predicted molar refractivity (Wildman–Crippen MR) is 125 cm³/mol. The molecule has 2 N–H and O–H groups in total. The van der Waals surface area contributed by atoms with E-state index in [-0.39, 0.29) is 17.9 Å². The lowest BCUT2D eigenvalue weighted by Crippen LogP contribution is -2.46. The number of amides is 2. The Hall–Kier alpha value is -2.74. The van der Waals surface area contributed by atoms with Crippen LogP contribution in [-0.4, -0.2) is 47.4 Å². The summed E-state index contributed by atoms with van der Waals surface area (Å²) in [6.45, 7) is 1.88. The molecule has 3 aromatic rings. The third-order valence-electron chi connectivity index (χ3n) is 5.18. The summed E-state index contributed by atoms with van der Waals surface area (Å²) in [6.07, 6.45) is 3.21. The molecule has 0 spiro atoms. The summed E-state index contributed by atoms with van der Waals surface area (Å²) < 4.78 is 0. The molecule has 1 fully saturated rings. The molecule has 6 nitrogen and oxygen atoms in total. The number of para-hydroxylation sites is 1. The van der Waals surface area contributed by atoms with Gasteiger partial charge in [-0.25, -0.2) is 4.98 Å². The first-order valence-corrected chi connectivity index (χ1v) is 11.4. The SMILES string of the molecule is O=C(CN1CCC(NC(=O)c2cnc(-c3ccccc3Cl)s2)CC1)Nc1ccccc1. The highest BCUT2D eigenvalue weighted by Crippen LogP contribution is 2.31. The summed E-state index contributed by atoms with van der Waals surface area (Å²) in [4.78, 5) is 31.9. The van der Waals surface area contributed by atoms with Crippen LogP contribution in [0.3, 0.4) is 0 Å². The van der Waals surface area contributed by atoms with Crippen LogP contribution in [0.4, 0.5) is 5.69 Å². The molecule has 8 heteroatoms.